The minimum atomic E-state index is -0.987. The van der Waals surface area contributed by atoms with Gasteiger partial charge in [-0.1, -0.05) is 13.3 Å². The van der Waals surface area contributed by atoms with Crippen LogP contribution in [-0.4, -0.2) is 55.5 Å². The molecule has 0 saturated carbocycles. The first-order valence-electron chi connectivity index (χ1n) is 6.10. The number of quaternary nitrogens is 1. The third-order valence-electron chi connectivity index (χ3n) is 2.57. The highest BCUT2D eigenvalue weighted by molar-refractivity contribution is 5.71. The van der Waals surface area contributed by atoms with Crippen LogP contribution in [0.4, 0.5) is 0 Å². The molecule has 0 aromatic rings. The number of nitrogens with zero attached hydrogens (tertiary/aromatic N) is 1. The van der Waals surface area contributed by atoms with Crippen LogP contribution in [0, 0.1) is 0 Å². The fraction of sp³-hybridized carbons (Fsp3) is 0.833. The first-order valence-corrected chi connectivity index (χ1v) is 6.10. The van der Waals surface area contributed by atoms with Crippen molar-refractivity contribution in [3.63, 3.8) is 0 Å². The number of esters is 1. The number of hydroxylamine groups is 3. The summed E-state index contributed by atoms with van der Waals surface area (Å²) < 4.78 is 5.32. The molecule has 0 aliphatic carbocycles. The summed E-state index contributed by atoms with van der Waals surface area (Å²) in [5, 5.41) is 8.80. The maximum absolute atomic E-state index is 11.5. The van der Waals surface area contributed by atoms with Crippen LogP contribution >= 0.6 is 0 Å². The van der Waals surface area contributed by atoms with Gasteiger partial charge in [-0.3, -0.25) is 9.59 Å². The Bertz CT molecular complexity index is 278. The number of unbranched alkanes of at least 4 members (excludes halogenated alkanes) is 1. The van der Waals surface area contributed by atoms with E-state index in [2.05, 4.69) is 0 Å². The van der Waals surface area contributed by atoms with E-state index in [1.165, 1.54) is 7.11 Å². The molecule has 0 heterocycles. The number of ether oxygens (including phenoxy) is 1. The van der Waals surface area contributed by atoms with Gasteiger partial charge in [0, 0.05) is 6.42 Å². The van der Waals surface area contributed by atoms with Crippen LogP contribution in [0.3, 0.4) is 0 Å². The number of carboxylic acids is 1. The number of carboxylic acid groups (broad SMARTS) is 1. The third kappa shape index (κ3) is 8.03. The SMILES string of the molecule is CCCCC(=O)O[C@H](CC(=O)O)C[N+](C)(C)OC. The summed E-state index contributed by atoms with van der Waals surface area (Å²) in [5.41, 5.74) is 0. The number of rotatable bonds is 9. The lowest BCUT2D eigenvalue weighted by Crippen LogP contribution is -2.46. The zero-order valence-corrected chi connectivity index (χ0v) is 11.6. The third-order valence-corrected chi connectivity index (χ3v) is 2.57. The van der Waals surface area contributed by atoms with Crippen molar-refractivity contribution < 1.29 is 28.9 Å². The molecule has 1 atom stereocenters. The lowest BCUT2D eigenvalue weighted by Gasteiger charge is -2.28. The molecular formula is C12H24NO5+. The summed E-state index contributed by atoms with van der Waals surface area (Å²) in [5.74, 6) is -1.33. The van der Waals surface area contributed by atoms with Gasteiger partial charge >= 0.3 is 11.9 Å². The molecule has 0 aromatic heterocycles. The summed E-state index contributed by atoms with van der Waals surface area (Å²) in [6, 6.07) is 0. The van der Waals surface area contributed by atoms with E-state index < -0.39 is 12.1 Å². The van der Waals surface area contributed by atoms with Gasteiger partial charge in [-0.25, -0.2) is 4.84 Å². The molecule has 1 N–H and O–H groups in total. The molecule has 0 spiro atoms. The Hall–Kier alpha value is -1.14. The topological polar surface area (TPSA) is 72.8 Å². The van der Waals surface area contributed by atoms with Crippen LogP contribution in [0.5, 0.6) is 0 Å². The molecule has 0 aromatic carbocycles. The van der Waals surface area contributed by atoms with Crippen molar-refractivity contribution in [1.29, 1.82) is 0 Å². The van der Waals surface area contributed by atoms with Crippen molar-refractivity contribution in [2.45, 2.75) is 38.7 Å². The van der Waals surface area contributed by atoms with Crippen LogP contribution in [0.1, 0.15) is 32.6 Å². The molecule has 106 valence electrons. The number of hydrogen-bond acceptors (Lipinski definition) is 4. The highest BCUT2D eigenvalue weighted by Crippen LogP contribution is 2.09. The molecule has 0 aliphatic heterocycles. The molecule has 6 nitrogen and oxygen atoms in total. The Morgan fingerprint density at radius 2 is 1.94 bits per heavy atom. The van der Waals surface area contributed by atoms with Crippen molar-refractivity contribution in [2.24, 2.45) is 0 Å². The molecule has 0 bridgehead atoms. The molecule has 0 fully saturated rings. The smallest absolute Gasteiger partial charge is 0.307 e. The van der Waals surface area contributed by atoms with E-state index in [1.54, 1.807) is 14.1 Å². The van der Waals surface area contributed by atoms with Gasteiger partial charge in [-0.15, -0.1) is 0 Å². The van der Waals surface area contributed by atoms with Crippen LogP contribution in [0.2, 0.25) is 0 Å². The highest BCUT2D eigenvalue weighted by Gasteiger charge is 2.27. The van der Waals surface area contributed by atoms with Crippen molar-refractivity contribution >= 4 is 11.9 Å². The minimum Gasteiger partial charge on any atom is -0.481 e. The molecular weight excluding hydrogens is 238 g/mol. The Morgan fingerprint density at radius 3 is 2.39 bits per heavy atom. The number of hydrogen-bond donors (Lipinski definition) is 1. The maximum Gasteiger partial charge on any atom is 0.307 e. The quantitative estimate of drug-likeness (QED) is 0.384. The molecule has 0 amide bonds. The average molecular weight is 262 g/mol. The van der Waals surface area contributed by atoms with E-state index in [1.807, 2.05) is 6.92 Å². The second-order valence-electron chi connectivity index (χ2n) is 4.75. The number of likely N-dealkylation sites (N-methyl/N-ethyl adjacent to an activating group) is 1. The van der Waals surface area contributed by atoms with Crippen molar-refractivity contribution in [3.8, 4) is 0 Å². The molecule has 6 heteroatoms. The zero-order chi connectivity index (χ0) is 14.2. The predicted octanol–water partition coefficient (Wildman–Crippen LogP) is 1.20. The summed E-state index contributed by atoms with van der Waals surface area (Å²) in [7, 11) is 5.07. The molecule has 0 aliphatic rings. The zero-order valence-electron chi connectivity index (χ0n) is 11.6. The van der Waals surface area contributed by atoms with E-state index in [-0.39, 0.29) is 17.0 Å². The van der Waals surface area contributed by atoms with Gasteiger partial charge < -0.3 is 9.84 Å². The van der Waals surface area contributed by atoms with E-state index >= 15 is 0 Å². The van der Waals surface area contributed by atoms with Gasteiger partial charge in [0.05, 0.1) is 27.6 Å². The van der Waals surface area contributed by atoms with Crippen molar-refractivity contribution in [3.05, 3.63) is 0 Å². The van der Waals surface area contributed by atoms with Crippen LogP contribution in [0.15, 0.2) is 0 Å². The monoisotopic (exact) mass is 262 g/mol. The second-order valence-corrected chi connectivity index (χ2v) is 4.75. The molecule has 18 heavy (non-hydrogen) atoms. The Labute approximate surface area is 108 Å². The number of aliphatic carboxylic acids is 1. The predicted molar refractivity (Wildman–Crippen MR) is 65.6 cm³/mol. The minimum absolute atomic E-state index is 0.138. The fourth-order valence-corrected chi connectivity index (χ4v) is 1.47. The van der Waals surface area contributed by atoms with Crippen LogP contribution in [-0.2, 0) is 19.2 Å². The molecule has 0 unspecified atom stereocenters. The lowest BCUT2D eigenvalue weighted by molar-refractivity contribution is -1.07. The van der Waals surface area contributed by atoms with E-state index in [0.717, 1.165) is 12.8 Å². The Kier molecular flexibility index (Phi) is 7.54. The number of carbonyl (C=O) groups is 2. The summed E-state index contributed by atoms with van der Waals surface area (Å²) in [4.78, 5) is 27.4. The standard InChI is InChI=1S/C12H23NO5/c1-5-6-7-12(16)18-10(8-11(14)15)9-13(2,3)17-4/h10H,5-9H2,1-4H3/p+1/t10-/m1/s1. The highest BCUT2D eigenvalue weighted by atomic mass is 16.7. The number of carbonyl (C=O) groups excluding carboxylic acids is 1. The first kappa shape index (κ1) is 16.9. The first-order chi connectivity index (χ1) is 8.30. The molecule has 0 radical (unpaired) electrons. The Morgan fingerprint density at radius 1 is 1.33 bits per heavy atom. The van der Waals surface area contributed by atoms with Gasteiger partial charge in [0.15, 0.2) is 6.10 Å². The normalized spacial score (nSPS) is 13.1. The van der Waals surface area contributed by atoms with Crippen LogP contribution in [0.25, 0.3) is 0 Å². The summed E-state index contributed by atoms with van der Waals surface area (Å²) >= 11 is 0. The van der Waals surface area contributed by atoms with Crippen LogP contribution < -0.4 is 0 Å². The Balaban J connectivity index is 4.39. The van der Waals surface area contributed by atoms with E-state index in [9.17, 15) is 9.59 Å². The molecule has 0 saturated heterocycles. The lowest BCUT2D eigenvalue weighted by atomic mass is 10.2. The van der Waals surface area contributed by atoms with Gasteiger partial charge in [0.2, 0.25) is 0 Å². The van der Waals surface area contributed by atoms with E-state index in [0.29, 0.717) is 13.0 Å². The average Bonchev–Trinajstić information content (AvgIpc) is 2.24. The van der Waals surface area contributed by atoms with Crippen molar-refractivity contribution in [2.75, 3.05) is 27.7 Å². The fourth-order valence-electron chi connectivity index (χ4n) is 1.47. The van der Waals surface area contributed by atoms with E-state index in [4.69, 9.17) is 14.7 Å². The summed E-state index contributed by atoms with van der Waals surface area (Å²) in [6.45, 7) is 2.29. The van der Waals surface area contributed by atoms with Gasteiger partial charge in [0.25, 0.3) is 0 Å². The van der Waals surface area contributed by atoms with Gasteiger partial charge in [-0.2, -0.15) is 4.65 Å². The van der Waals surface area contributed by atoms with Gasteiger partial charge in [0.1, 0.15) is 6.54 Å². The maximum atomic E-state index is 11.5. The van der Waals surface area contributed by atoms with Crippen molar-refractivity contribution in [1.82, 2.24) is 0 Å². The second kappa shape index (κ2) is 8.05. The summed E-state index contributed by atoms with van der Waals surface area (Å²) in [6.07, 6.45) is 1.11. The largest absolute Gasteiger partial charge is 0.481 e. The van der Waals surface area contributed by atoms with Gasteiger partial charge in [-0.05, 0) is 6.42 Å². The molecule has 0 rings (SSSR count).